The SMILES string of the molecule is COCCCn1cc(CN(C(=O)C2CNCCO2)C2CC2)c2c(C)cccc21. The van der Waals surface area contributed by atoms with E-state index in [9.17, 15) is 4.79 Å². The van der Waals surface area contributed by atoms with Crippen LogP contribution in [0, 0.1) is 6.92 Å². The topological polar surface area (TPSA) is 55.7 Å². The molecule has 2 aromatic rings. The van der Waals surface area contributed by atoms with Gasteiger partial charge in [0.2, 0.25) is 0 Å². The molecule has 2 heterocycles. The van der Waals surface area contributed by atoms with E-state index in [1.54, 1.807) is 7.11 Å². The van der Waals surface area contributed by atoms with Crippen molar-refractivity contribution in [2.45, 2.75) is 51.4 Å². The molecular weight excluding hydrogens is 354 g/mol. The highest BCUT2D eigenvalue weighted by Gasteiger charge is 2.37. The summed E-state index contributed by atoms with van der Waals surface area (Å²) in [5.41, 5.74) is 3.73. The Balaban J connectivity index is 1.60. The number of aromatic nitrogens is 1. The van der Waals surface area contributed by atoms with E-state index in [0.29, 0.717) is 25.7 Å². The molecule has 6 heteroatoms. The summed E-state index contributed by atoms with van der Waals surface area (Å²) >= 11 is 0. The smallest absolute Gasteiger partial charge is 0.253 e. The molecule has 4 rings (SSSR count). The van der Waals surface area contributed by atoms with E-state index in [1.807, 2.05) is 0 Å². The predicted octanol–water partition coefficient (Wildman–Crippen LogP) is 2.47. The van der Waals surface area contributed by atoms with E-state index in [2.05, 4.69) is 46.1 Å². The molecule has 1 aliphatic carbocycles. The average molecular weight is 386 g/mol. The van der Waals surface area contributed by atoms with Gasteiger partial charge in [0.15, 0.2) is 0 Å². The second kappa shape index (κ2) is 8.64. The molecule has 1 N–H and O–H groups in total. The zero-order valence-corrected chi connectivity index (χ0v) is 16.9. The van der Waals surface area contributed by atoms with Gasteiger partial charge >= 0.3 is 0 Å². The van der Waals surface area contributed by atoms with Crippen molar-refractivity contribution in [3.8, 4) is 0 Å². The van der Waals surface area contributed by atoms with Crippen molar-refractivity contribution in [3.05, 3.63) is 35.5 Å². The van der Waals surface area contributed by atoms with Crippen LogP contribution < -0.4 is 5.32 Å². The minimum Gasteiger partial charge on any atom is -0.385 e. The quantitative estimate of drug-likeness (QED) is 0.710. The first-order valence-electron chi connectivity index (χ1n) is 10.4. The molecule has 2 aliphatic rings. The van der Waals surface area contributed by atoms with Gasteiger partial charge in [-0.05, 0) is 43.4 Å². The van der Waals surface area contributed by atoms with Crippen LogP contribution in [0.1, 0.15) is 30.4 Å². The Kier molecular flexibility index (Phi) is 5.99. The van der Waals surface area contributed by atoms with E-state index in [-0.39, 0.29) is 12.0 Å². The Bertz CT molecular complexity index is 822. The molecule has 28 heavy (non-hydrogen) atoms. The molecule has 152 valence electrons. The fraction of sp³-hybridized carbons (Fsp3) is 0.591. The van der Waals surface area contributed by atoms with E-state index in [0.717, 1.165) is 39.0 Å². The molecule has 1 aliphatic heterocycles. The van der Waals surface area contributed by atoms with Gasteiger partial charge in [-0.1, -0.05) is 12.1 Å². The van der Waals surface area contributed by atoms with Gasteiger partial charge in [0.05, 0.1) is 6.61 Å². The van der Waals surface area contributed by atoms with Gasteiger partial charge in [-0.2, -0.15) is 0 Å². The second-order valence-corrected chi connectivity index (χ2v) is 7.92. The lowest BCUT2D eigenvalue weighted by Gasteiger charge is -2.30. The predicted molar refractivity (Wildman–Crippen MR) is 109 cm³/mol. The van der Waals surface area contributed by atoms with Crippen molar-refractivity contribution >= 4 is 16.8 Å². The molecule has 0 radical (unpaired) electrons. The monoisotopic (exact) mass is 385 g/mol. The third kappa shape index (κ3) is 4.09. The summed E-state index contributed by atoms with van der Waals surface area (Å²) in [6.07, 6.45) is 5.04. The normalized spacial score (nSPS) is 19.9. The molecule has 1 atom stereocenters. The van der Waals surface area contributed by atoms with Crippen LogP contribution in [-0.4, -0.2) is 60.9 Å². The fourth-order valence-corrected chi connectivity index (χ4v) is 4.18. The Hall–Kier alpha value is -1.89. The Labute approximate surface area is 166 Å². The van der Waals surface area contributed by atoms with Gasteiger partial charge in [-0.3, -0.25) is 4.79 Å². The standard InChI is InChI=1S/C22H31N3O3/c1-16-5-3-6-19-21(16)17(14-24(19)10-4-11-27-2)15-25(18-7-8-18)22(26)20-13-23-9-12-28-20/h3,5-6,14,18,20,23H,4,7-13,15H2,1-2H3. The van der Waals surface area contributed by atoms with Gasteiger partial charge in [-0.15, -0.1) is 0 Å². The zero-order valence-electron chi connectivity index (χ0n) is 16.9. The number of nitrogens with one attached hydrogen (secondary N) is 1. The maximum absolute atomic E-state index is 13.2. The van der Waals surface area contributed by atoms with E-state index < -0.39 is 0 Å². The molecule has 0 spiro atoms. The maximum atomic E-state index is 13.2. The molecular formula is C22H31N3O3. The number of rotatable bonds is 8. The van der Waals surface area contributed by atoms with Crippen LogP contribution >= 0.6 is 0 Å². The van der Waals surface area contributed by atoms with Crippen LogP contribution in [0.5, 0.6) is 0 Å². The van der Waals surface area contributed by atoms with Gasteiger partial charge in [-0.25, -0.2) is 0 Å². The highest BCUT2D eigenvalue weighted by Crippen LogP contribution is 2.32. The number of hydrogen-bond donors (Lipinski definition) is 1. The molecule has 1 saturated heterocycles. The van der Waals surface area contributed by atoms with Gasteiger partial charge in [0.25, 0.3) is 5.91 Å². The minimum absolute atomic E-state index is 0.128. The van der Waals surface area contributed by atoms with Crippen LogP contribution in [0.3, 0.4) is 0 Å². The van der Waals surface area contributed by atoms with Crippen LogP contribution in [0.25, 0.3) is 10.9 Å². The van der Waals surface area contributed by atoms with Gasteiger partial charge in [0.1, 0.15) is 6.10 Å². The molecule has 0 bridgehead atoms. The highest BCUT2D eigenvalue weighted by molar-refractivity contribution is 5.88. The number of ether oxygens (including phenoxy) is 2. The summed E-state index contributed by atoms with van der Waals surface area (Å²) in [4.78, 5) is 15.2. The van der Waals surface area contributed by atoms with Crippen LogP contribution in [0.15, 0.2) is 24.4 Å². The number of carbonyl (C=O) groups excluding carboxylic acids is 1. The summed E-state index contributed by atoms with van der Waals surface area (Å²) in [6.45, 7) is 6.51. The van der Waals surface area contributed by atoms with Crippen LogP contribution in [-0.2, 0) is 27.4 Å². The average Bonchev–Trinajstić information content (AvgIpc) is 3.50. The number of carbonyl (C=O) groups is 1. The zero-order chi connectivity index (χ0) is 19.5. The van der Waals surface area contributed by atoms with Crippen molar-refractivity contribution in [1.82, 2.24) is 14.8 Å². The summed E-state index contributed by atoms with van der Waals surface area (Å²) in [7, 11) is 1.74. The first kappa shape index (κ1) is 19.4. The number of benzene rings is 1. The number of methoxy groups -OCH3 is 1. The molecule has 1 aromatic carbocycles. The lowest BCUT2D eigenvalue weighted by atomic mass is 10.1. The summed E-state index contributed by atoms with van der Waals surface area (Å²) in [5, 5.41) is 4.56. The minimum atomic E-state index is -0.356. The number of amides is 1. The van der Waals surface area contributed by atoms with E-state index in [1.165, 1.54) is 22.0 Å². The maximum Gasteiger partial charge on any atom is 0.253 e. The largest absolute Gasteiger partial charge is 0.385 e. The van der Waals surface area contributed by atoms with Crippen molar-refractivity contribution in [2.24, 2.45) is 0 Å². The third-order valence-electron chi connectivity index (χ3n) is 5.75. The van der Waals surface area contributed by atoms with Crippen molar-refractivity contribution < 1.29 is 14.3 Å². The first-order valence-corrected chi connectivity index (χ1v) is 10.4. The molecule has 1 amide bonds. The second-order valence-electron chi connectivity index (χ2n) is 7.92. The Morgan fingerprint density at radius 1 is 1.39 bits per heavy atom. The van der Waals surface area contributed by atoms with Crippen LogP contribution in [0.2, 0.25) is 0 Å². The molecule has 6 nitrogen and oxygen atoms in total. The number of fused-ring (bicyclic) bond motifs is 1. The molecule has 2 fully saturated rings. The summed E-state index contributed by atoms with van der Waals surface area (Å²) in [5.74, 6) is 0.128. The van der Waals surface area contributed by atoms with E-state index >= 15 is 0 Å². The fourth-order valence-electron chi connectivity index (χ4n) is 4.18. The number of hydrogen-bond acceptors (Lipinski definition) is 4. The van der Waals surface area contributed by atoms with Crippen molar-refractivity contribution in [2.75, 3.05) is 33.4 Å². The highest BCUT2D eigenvalue weighted by atomic mass is 16.5. The van der Waals surface area contributed by atoms with Gasteiger partial charge in [0, 0.05) is 63.0 Å². The van der Waals surface area contributed by atoms with Gasteiger partial charge < -0.3 is 24.3 Å². The molecule has 1 saturated carbocycles. The molecule has 1 unspecified atom stereocenters. The Morgan fingerprint density at radius 2 is 2.25 bits per heavy atom. The van der Waals surface area contributed by atoms with Crippen molar-refractivity contribution in [1.29, 1.82) is 0 Å². The lowest BCUT2D eigenvalue weighted by molar-refractivity contribution is -0.146. The summed E-state index contributed by atoms with van der Waals surface area (Å²) < 4.78 is 13.3. The number of nitrogens with zero attached hydrogens (tertiary/aromatic N) is 2. The van der Waals surface area contributed by atoms with E-state index in [4.69, 9.17) is 9.47 Å². The number of aryl methyl sites for hydroxylation is 2. The first-order chi connectivity index (χ1) is 13.7. The Morgan fingerprint density at radius 3 is 2.96 bits per heavy atom. The third-order valence-corrected chi connectivity index (χ3v) is 5.75. The molecule has 1 aromatic heterocycles. The van der Waals surface area contributed by atoms with Crippen molar-refractivity contribution in [3.63, 3.8) is 0 Å². The van der Waals surface area contributed by atoms with Crippen LogP contribution in [0.4, 0.5) is 0 Å². The number of morpholine rings is 1. The lowest BCUT2D eigenvalue weighted by Crippen LogP contribution is -2.49. The summed E-state index contributed by atoms with van der Waals surface area (Å²) in [6, 6.07) is 6.80.